The molecule has 1 amide bonds. The zero-order chi connectivity index (χ0) is 17.1. The molecule has 6 heteroatoms. The standard InChI is InChI=1S/C19H22N4O2/c24-19-23(16(13-25-19)12-14-6-2-1-3-7-14)17-10-11-20-18(22-17)21-15-8-4-5-9-15/h1-3,6-7,10-11,15-16H,4-5,8-9,12-13H2,(H,20,21,22)/t16-/m1/s1. The Morgan fingerprint density at radius 1 is 1.16 bits per heavy atom. The molecule has 2 heterocycles. The van der Waals surface area contributed by atoms with Crippen molar-refractivity contribution in [3.63, 3.8) is 0 Å². The Hall–Kier alpha value is -2.63. The van der Waals surface area contributed by atoms with E-state index < -0.39 is 0 Å². The summed E-state index contributed by atoms with van der Waals surface area (Å²) in [5.41, 5.74) is 1.18. The van der Waals surface area contributed by atoms with Crippen LogP contribution >= 0.6 is 0 Å². The van der Waals surface area contributed by atoms with E-state index in [-0.39, 0.29) is 12.1 Å². The minimum atomic E-state index is -0.341. The zero-order valence-electron chi connectivity index (χ0n) is 14.1. The molecule has 0 spiro atoms. The minimum Gasteiger partial charge on any atom is -0.447 e. The molecule has 2 aliphatic rings. The molecule has 2 aromatic rings. The van der Waals surface area contributed by atoms with Crippen LogP contribution in [0, 0.1) is 0 Å². The fourth-order valence-electron chi connectivity index (χ4n) is 3.58. The lowest BCUT2D eigenvalue weighted by Crippen LogP contribution is -2.36. The molecular formula is C19H22N4O2. The number of rotatable bonds is 5. The van der Waals surface area contributed by atoms with Crippen molar-refractivity contribution in [2.75, 3.05) is 16.8 Å². The number of nitrogens with one attached hydrogen (secondary N) is 1. The third-order valence-electron chi connectivity index (χ3n) is 4.85. The third kappa shape index (κ3) is 3.57. The summed E-state index contributed by atoms with van der Waals surface area (Å²) >= 11 is 0. The van der Waals surface area contributed by atoms with E-state index in [0.29, 0.717) is 24.4 Å². The van der Waals surface area contributed by atoms with Gasteiger partial charge in [-0.2, -0.15) is 4.98 Å². The highest BCUT2D eigenvalue weighted by atomic mass is 16.6. The van der Waals surface area contributed by atoms with Crippen molar-refractivity contribution in [1.29, 1.82) is 0 Å². The number of aromatic nitrogens is 2. The average Bonchev–Trinajstić information content (AvgIpc) is 3.26. The topological polar surface area (TPSA) is 67.3 Å². The van der Waals surface area contributed by atoms with Gasteiger partial charge >= 0.3 is 6.09 Å². The maximum Gasteiger partial charge on any atom is 0.415 e. The van der Waals surface area contributed by atoms with E-state index in [1.54, 1.807) is 17.2 Å². The zero-order valence-corrected chi connectivity index (χ0v) is 14.1. The summed E-state index contributed by atoms with van der Waals surface area (Å²) in [7, 11) is 0. The largest absolute Gasteiger partial charge is 0.447 e. The van der Waals surface area contributed by atoms with E-state index in [1.165, 1.54) is 18.4 Å². The molecule has 0 bridgehead atoms. The maximum atomic E-state index is 12.3. The number of cyclic esters (lactones) is 1. The Morgan fingerprint density at radius 2 is 1.96 bits per heavy atom. The van der Waals surface area contributed by atoms with Crippen LogP contribution in [0.25, 0.3) is 0 Å². The SMILES string of the molecule is O=C1OC[C@@H](Cc2ccccc2)N1c1ccnc(NC2CCCC2)n1. The molecule has 1 atom stereocenters. The second-order valence-corrected chi connectivity index (χ2v) is 6.65. The predicted molar refractivity (Wildman–Crippen MR) is 95.7 cm³/mol. The molecule has 130 valence electrons. The summed E-state index contributed by atoms with van der Waals surface area (Å²) < 4.78 is 5.28. The van der Waals surface area contributed by atoms with Crippen LogP contribution in [-0.4, -0.2) is 34.8 Å². The number of anilines is 2. The van der Waals surface area contributed by atoms with Gasteiger partial charge in [-0.05, 0) is 30.9 Å². The van der Waals surface area contributed by atoms with Gasteiger partial charge in [0.1, 0.15) is 12.4 Å². The number of hydrogen-bond donors (Lipinski definition) is 1. The summed E-state index contributed by atoms with van der Waals surface area (Å²) in [5.74, 6) is 1.18. The molecule has 6 nitrogen and oxygen atoms in total. The van der Waals surface area contributed by atoms with Crippen molar-refractivity contribution in [2.24, 2.45) is 0 Å². The lowest BCUT2D eigenvalue weighted by molar-refractivity contribution is 0.178. The lowest BCUT2D eigenvalue weighted by atomic mass is 10.1. The Balaban J connectivity index is 1.52. The molecule has 25 heavy (non-hydrogen) atoms. The van der Waals surface area contributed by atoms with E-state index in [0.717, 1.165) is 19.3 Å². The van der Waals surface area contributed by atoms with Gasteiger partial charge in [0, 0.05) is 12.2 Å². The van der Waals surface area contributed by atoms with Gasteiger partial charge in [-0.15, -0.1) is 0 Å². The van der Waals surface area contributed by atoms with E-state index in [9.17, 15) is 4.79 Å². The van der Waals surface area contributed by atoms with E-state index in [1.807, 2.05) is 18.2 Å². The molecule has 4 rings (SSSR count). The Kier molecular flexibility index (Phi) is 4.50. The molecule has 1 N–H and O–H groups in total. The second kappa shape index (κ2) is 7.09. The van der Waals surface area contributed by atoms with Crippen LogP contribution in [0.3, 0.4) is 0 Å². The molecule has 2 fully saturated rings. The number of ether oxygens (including phenoxy) is 1. The summed E-state index contributed by atoms with van der Waals surface area (Å²) in [6, 6.07) is 12.3. The molecular weight excluding hydrogens is 316 g/mol. The molecule has 1 aromatic carbocycles. The Labute approximate surface area is 147 Å². The van der Waals surface area contributed by atoms with Crippen LogP contribution in [-0.2, 0) is 11.2 Å². The fourth-order valence-corrected chi connectivity index (χ4v) is 3.58. The van der Waals surface area contributed by atoms with Gasteiger partial charge in [0.15, 0.2) is 0 Å². The molecule has 1 aliphatic heterocycles. The predicted octanol–water partition coefficient (Wildman–Crippen LogP) is 3.40. The van der Waals surface area contributed by atoms with Gasteiger partial charge in [-0.3, -0.25) is 4.90 Å². The van der Waals surface area contributed by atoms with Crippen molar-refractivity contribution in [3.8, 4) is 0 Å². The van der Waals surface area contributed by atoms with Gasteiger partial charge in [-0.25, -0.2) is 9.78 Å². The first-order chi connectivity index (χ1) is 12.3. The maximum absolute atomic E-state index is 12.3. The molecule has 0 unspecified atom stereocenters. The molecule has 1 saturated heterocycles. The smallest absolute Gasteiger partial charge is 0.415 e. The summed E-state index contributed by atoms with van der Waals surface area (Å²) in [6.45, 7) is 0.378. The minimum absolute atomic E-state index is 0.0517. The first kappa shape index (κ1) is 15.9. The Morgan fingerprint density at radius 3 is 2.76 bits per heavy atom. The Bertz CT molecular complexity index is 731. The molecule has 1 saturated carbocycles. The fraction of sp³-hybridized carbons (Fsp3) is 0.421. The van der Waals surface area contributed by atoms with Gasteiger partial charge in [-0.1, -0.05) is 43.2 Å². The van der Waals surface area contributed by atoms with Crippen LogP contribution < -0.4 is 10.2 Å². The van der Waals surface area contributed by atoms with Crippen LogP contribution in [0.4, 0.5) is 16.6 Å². The van der Waals surface area contributed by atoms with Crippen LogP contribution in [0.1, 0.15) is 31.2 Å². The van der Waals surface area contributed by atoms with Gasteiger partial charge in [0.2, 0.25) is 5.95 Å². The van der Waals surface area contributed by atoms with Crippen molar-refractivity contribution < 1.29 is 9.53 Å². The normalized spacial score (nSPS) is 20.7. The van der Waals surface area contributed by atoms with E-state index in [4.69, 9.17) is 4.74 Å². The second-order valence-electron chi connectivity index (χ2n) is 6.65. The number of amides is 1. The third-order valence-corrected chi connectivity index (χ3v) is 4.85. The monoisotopic (exact) mass is 338 g/mol. The highest BCUT2D eigenvalue weighted by molar-refractivity contribution is 5.89. The highest BCUT2D eigenvalue weighted by Crippen LogP contribution is 2.25. The molecule has 1 aromatic heterocycles. The van der Waals surface area contributed by atoms with Gasteiger partial charge in [0.25, 0.3) is 0 Å². The van der Waals surface area contributed by atoms with Crippen molar-refractivity contribution >= 4 is 17.9 Å². The van der Waals surface area contributed by atoms with Crippen molar-refractivity contribution in [3.05, 3.63) is 48.2 Å². The lowest BCUT2D eigenvalue weighted by Gasteiger charge is -2.21. The van der Waals surface area contributed by atoms with E-state index >= 15 is 0 Å². The molecule has 0 radical (unpaired) electrons. The average molecular weight is 338 g/mol. The van der Waals surface area contributed by atoms with E-state index in [2.05, 4.69) is 27.4 Å². The number of carbonyl (C=O) groups excluding carboxylic acids is 1. The van der Waals surface area contributed by atoms with Crippen LogP contribution in [0.15, 0.2) is 42.6 Å². The summed E-state index contributed by atoms with van der Waals surface area (Å²) in [6.07, 6.45) is 6.88. The quantitative estimate of drug-likeness (QED) is 0.905. The first-order valence-electron chi connectivity index (χ1n) is 8.89. The van der Waals surface area contributed by atoms with Crippen LogP contribution in [0.2, 0.25) is 0 Å². The number of hydrogen-bond acceptors (Lipinski definition) is 5. The number of carbonyl (C=O) groups is 1. The van der Waals surface area contributed by atoms with Gasteiger partial charge < -0.3 is 10.1 Å². The first-order valence-corrected chi connectivity index (χ1v) is 8.89. The number of nitrogens with zero attached hydrogens (tertiary/aromatic N) is 3. The van der Waals surface area contributed by atoms with Gasteiger partial charge in [0.05, 0.1) is 6.04 Å². The summed E-state index contributed by atoms with van der Waals surface area (Å²) in [4.78, 5) is 22.8. The highest BCUT2D eigenvalue weighted by Gasteiger charge is 2.35. The number of benzene rings is 1. The molecule has 1 aliphatic carbocycles. The summed E-state index contributed by atoms with van der Waals surface area (Å²) in [5, 5.41) is 3.38. The van der Waals surface area contributed by atoms with Crippen molar-refractivity contribution in [1.82, 2.24) is 9.97 Å². The van der Waals surface area contributed by atoms with Crippen LogP contribution in [0.5, 0.6) is 0 Å². The van der Waals surface area contributed by atoms with Crippen molar-refractivity contribution in [2.45, 2.75) is 44.2 Å².